The average molecular weight is 880 g/mol. The van der Waals surface area contributed by atoms with Gasteiger partial charge in [-0.3, -0.25) is 0 Å². The van der Waals surface area contributed by atoms with Gasteiger partial charge in [-0.25, -0.2) is 0 Å². The highest BCUT2D eigenvalue weighted by atomic mass is 32.1. The van der Waals surface area contributed by atoms with E-state index >= 15 is 0 Å². The molecule has 0 atom stereocenters. The maximum absolute atomic E-state index is 14.0. The van der Waals surface area contributed by atoms with E-state index in [2.05, 4.69) is 149 Å². The number of rotatable bonds is 4. The molecule has 9 aromatic carbocycles. The summed E-state index contributed by atoms with van der Waals surface area (Å²) in [5.41, 5.74) is 9.51. The zero-order valence-electron chi connectivity index (χ0n) is 34.5. The van der Waals surface area contributed by atoms with Gasteiger partial charge in [0.1, 0.15) is 0 Å². The summed E-state index contributed by atoms with van der Waals surface area (Å²) in [5, 5.41) is 19.9. The van der Waals surface area contributed by atoms with Gasteiger partial charge in [-0.2, -0.15) is 18.4 Å². The molecular formula is C57H32F3N3S2. The Morgan fingerprint density at radius 2 is 0.954 bits per heavy atom. The second-order valence-electron chi connectivity index (χ2n) is 16.7. The lowest BCUT2D eigenvalue weighted by molar-refractivity contribution is -0.137. The van der Waals surface area contributed by atoms with Gasteiger partial charge >= 0.3 is 6.18 Å². The number of nitriles is 1. The van der Waals surface area contributed by atoms with Crippen LogP contribution < -0.4 is 0 Å². The fourth-order valence-corrected chi connectivity index (χ4v) is 12.8. The lowest BCUT2D eigenvalue weighted by Crippen LogP contribution is -2.05. The molecule has 0 radical (unpaired) electrons. The smallest absolute Gasteiger partial charge is 0.309 e. The predicted molar refractivity (Wildman–Crippen MR) is 266 cm³/mol. The lowest BCUT2D eigenvalue weighted by atomic mass is 9.93. The third-order valence-corrected chi connectivity index (χ3v) is 15.5. The molecule has 0 fully saturated rings. The Hall–Kier alpha value is -7.70. The van der Waals surface area contributed by atoms with E-state index < -0.39 is 11.7 Å². The molecule has 0 aliphatic heterocycles. The summed E-state index contributed by atoms with van der Waals surface area (Å²) in [5.74, 6) is 0. The fraction of sp³-hybridized carbons (Fsp3) is 0.0351. The van der Waals surface area contributed by atoms with Crippen molar-refractivity contribution in [2.45, 2.75) is 13.1 Å². The second kappa shape index (κ2) is 13.9. The molecule has 65 heavy (non-hydrogen) atoms. The Labute approximate surface area is 377 Å². The molecule has 0 saturated heterocycles. The number of thiophene rings is 2. The van der Waals surface area contributed by atoms with E-state index in [0.29, 0.717) is 16.7 Å². The predicted octanol–water partition coefficient (Wildman–Crippen LogP) is 17.1. The van der Waals surface area contributed by atoms with Crippen molar-refractivity contribution >= 4 is 107 Å². The van der Waals surface area contributed by atoms with Crippen molar-refractivity contribution in [2.24, 2.45) is 0 Å². The van der Waals surface area contributed by atoms with Crippen LogP contribution in [0.1, 0.15) is 16.7 Å². The van der Waals surface area contributed by atoms with E-state index in [-0.39, 0.29) is 0 Å². The Morgan fingerprint density at radius 1 is 0.462 bits per heavy atom. The molecule has 0 aliphatic rings. The highest BCUT2D eigenvalue weighted by Crippen LogP contribution is 2.48. The van der Waals surface area contributed by atoms with E-state index in [0.717, 1.165) is 71.7 Å². The highest BCUT2D eigenvalue weighted by Gasteiger charge is 2.31. The van der Waals surface area contributed by atoms with Crippen LogP contribution in [0.4, 0.5) is 13.2 Å². The molecule has 3 nitrogen and oxygen atoms in total. The van der Waals surface area contributed by atoms with Crippen LogP contribution in [-0.4, -0.2) is 9.13 Å². The van der Waals surface area contributed by atoms with Gasteiger partial charge in [0.2, 0.25) is 0 Å². The van der Waals surface area contributed by atoms with Crippen LogP contribution >= 0.6 is 22.7 Å². The van der Waals surface area contributed by atoms with Gasteiger partial charge in [-0.1, -0.05) is 109 Å². The van der Waals surface area contributed by atoms with Gasteiger partial charge in [-0.15, -0.1) is 22.7 Å². The topological polar surface area (TPSA) is 33.6 Å². The van der Waals surface area contributed by atoms with Crippen LogP contribution in [0, 0.1) is 18.3 Å². The molecule has 4 aromatic heterocycles. The maximum Gasteiger partial charge on any atom is 0.416 e. The van der Waals surface area contributed by atoms with Crippen molar-refractivity contribution < 1.29 is 13.2 Å². The molecule has 0 spiro atoms. The number of halogens is 3. The van der Waals surface area contributed by atoms with E-state index in [1.807, 2.05) is 24.3 Å². The summed E-state index contributed by atoms with van der Waals surface area (Å²) in [6.07, 6.45) is -4.46. The summed E-state index contributed by atoms with van der Waals surface area (Å²) >= 11 is 3.59. The minimum absolute atomic E-state index is 0.528. The largest absolute Gasteiger partial charge is 0.416 e. The van der Waals surface area contributed by atoms with Gasteiger partial charge in [-0.05, 0) is 90.3 Å². The highest BCUT2D eigenvalue weighted by molar-refractivity contribution is 7.27. The second-order valence-corrected chi connectivity index (χ2v) is 18.8. The molecular weight excluding hydrogens is 848 g/mol. The summed E-state index contributed by atoms with van der Waals surface area (Å²) in [6, 6.07) is 61.4. The van der Waals surface area contributed by atoms with Crippen molar-refractivity contribution in [3.05, 3.63) is 193 Å². The number of aryl methyl sites for hydroxylation is 1. The third-order valence-electron chi connectivity index (χ3n) is 13.1. The minimum atomic E-state index is -4.46. The Kier molecular flexibility index (Phi) is 8.09. The molecule has 308 valence electrons. The molecule has 13 rings (SSSR count). The van der Waals surface area contributed by atoms with Crippen molar-refractivity contribution in [1.82, 2.24) is 9.13 Å². The van der Waals surface area contributed by atoms with Crippen molar-refractivity contribution in [3.8, 4) is 39.7 Å². The van der Waals surface area contributed by atoms with E-state index in [1.165, 1.54) is 52.5 Å². The Morgan fingerprint density at radius 3 is 1.49 bits per heavy atom. The standard InChI is InChI=1S/C57H32F3N3S2/c1-32-28-35(57(58,59)60)20-23-36(32)34-19-22-38(50(30-34)63-46-15-7-3-13-44(46)54-48(63)27-25-42-40-11-5-9-17-52(40)65-56(42)54)37-21-18-33(31-61)29-49(37)62-45-14-6-2-12-43(45)53-47(62)26-24-41-39-10-4-8-16-51(39)64-55(41)53/h2-30H,1H3. The SMILES string of the molecule is Cc1cc(C(F)(F)F)ccc1-c1ccc(-c2ccc(C#N)cc2-n2c3ccccc3c3c4sc5ccccc5c4ccc32)c(-n2c3ccccc3c3c4sc5ccccc5c4ccc32)c1. The van der Waals surface area contributed by atoms with Crippen molar-refractivity contribution in [1.29, 1.82) is 5.26 Å². The molecule has 0 aliphatic carbocycles. The van der Waals surface area contributed by atoms with E-state index in [4.69, 9.17) is 0 Å². The normalized spacial score (nSPS) is 12.3. The van der Waals surface area contributed by atoms with E-state index in [9.17, 15) is 18.4 Å². The van der Waals surface area contributed by atoms with Gasteiger partial charge < -0.3 is 9.13 Å². The first kappa shape index (κ1) is 37.8. The van der Waals surface area contributed by atoms with Crippen LogP contribution in [0.2, 0.25) is 0 Å². The molecule has 8 heteroatoms. The molecule has 0 N–H and O–H groups in total. The van der Waals surface area contributed by atoms with Crippen LogP contribution in [0.3, 0.4) is 0 Å². The number of fused-ring (bicyclic) bond motifs is 14. The number of para-hydroxylation sites is 2. The van der Waals surface area contributed by atoms with Gasteiger partial charge in [0.15, 0.2) is 0 Å². The van der Waals surface area contributed by atoms with Gasteiger partial charge in [0, 0.05) is 73.0 Å². The Balaban J connectivity index is 1.14. The maximum atomic E-state index is 14.0. The fourth-order valence-electron chi connectivity index (χ4n) is 10.3. The zero-order valence-corrected chi connectivity index (χ0v) is 36.2. The number of hydrogen-bond acceptors (Lipinski definition) is 3. The molecule has 0 saturated carbocycles. The van der Waals surface area contributed by atoms with Gasteiger partial charge in [0.05, 0.1) is 50.6 Å². The first-order valence-electron chi connectivity index (χ1n) is 21.3. The molecule has 0 unspecified atom stereocenters. The van der Waals surface area contributed by atoms with Crippen LogP contribution in [0.25, 0.3) is 118 Å². The Bertz CT molecular complexity index is 4210. The van der Waals surface area contributed by atoms with Crippen molar-refractivity contribution in [3.63, 3.8) is 0 Å². The summed E-state index contributed by atoms with van der Waals surface area (Å²) in [4.78, 5) is 0. The van der Waals surface area contributed by atoms with Crippen LogP contribution in [-0.2, 0) is 6.18 Å². The number of benzene rings is 9. The summed E-state index contributed by atoms with van der Waals surface area (Å²) in [6.45, 7) is 1.74. The summed E-state index contributed by atoms with van der Waals surface area (Å²) in [7, 11) is 0. The monoisotopic (exact) mass is 879 g/mol. The first-order chi connectivity index (χ1) is 31.7. The zero-order chi connectivity index (χ0) is 43.7. The summed E-state index contributed by atoms with van der Waals surface area (Å²) < 4.78 is 51.4. The number of nitrogens with zero attached hydrogens (tertiary/aromatic N) is 3. The quantitative estimate of drug-likeness (QED) is 0.173. The molecule has 4 heterocycles. The van der Waals surface area contributed by atoms with Crippen LogP contribution in [0.5, 0.6) is 0 Å². The molecule has 0 amide bonds. The van der Waals surface area contributed by atoms with E-state index in [1.54, 1.807) is 35.7 Å². The third kappa shape index (κ3) is 5.53. The number of hydrogen-bond donors (Lipinski definition) is 0. The lowest BCUT2D eigenvalue weighted by Gasteiger charge is -2.20. The van der Waals surface area contributed by atoms with Gasteiger partial charge in [0.25, 0.3) is 0 Å². The first-order valence-corrected chi connectivity index (χ1v) is 22.9. The molecule has 13 aromatic rings. The number of alkyl halides is 3. The average Bonchev–Trinajstić information content (AvgIpc) is 4.08. The number of aromatic nitrogens is 2. The van der Waals surface area contributed by atoms with Crippen molar-refractivity contribution in [2.75, 3.05) is 0 Å². The minimum Gasteiger partial charge on any atom is -0.309 e. The van der Waals surface area contributed by atoms with Crippen LogP contribution in [0.15, 0.2) is 176 Å². The molecule has 0 bridgehead atoms.